The van der Waals surface area contributed by atoms with Gasteiger partial charge in [-0.05, 0) is 18.9 Å². The van der Waals surface area contributed by atoms with Crippen molar-refractivity contribution in [2.24, 2.45) is 0 Å². The Balaban J connectivity index is 2.13. The summed E-state index contributed by atoms with van der Waals surface area (Å²) in [5.41, 5.74) is 4.58. The second-order valence-corrected chi connectivity index (χ2v) is 6.14. The van der Waals surface area contributed by atoms with Crippen LogP contribution in [0.4, 0.5) is 20.2 Å². The number of rotatable bonds is 4. The summed E-state index contributed by atoms with van der Waals surface area (Å²) >= 11 is 0. The van der Waals surface area contributed by atoms with Crippen LogP contribution in [0.3, 0.4) is 0 Å². The molecule has 1 atom stereocenters. The monoisotopic (exact) mass is 292 g/mol. The van der Waals surface area contributed by atoms with Crippen molar-refractivity contribution >= 4 is 21.4 Å². The van der Waals surface area contributed by atoms with Crippen molar-refractivity contribution in [2.45, 2.75) is 18.9 Å². The Morgan fingerprint density at radius 2 is 2.11 bits per heavy atom. The lowest BCUT2D eigenvalue weighted by Crippen LogP contribution is -2.26. The molecule has 0 aromatic heterocycles. The first-order chi connectivity index (χ1) is 8.87. The lowest BCUT2D eigenvalue weighted by molar-refractivity contribution is 0.127. The highest BCUT2D eigenvalue weighted by Gasteiger charge is 2.24. The van der Waals surface area contributed by atoms with Gasteiger partial charge in [0.1, 0.15) is 11.6 Å². The summed E-state index contributed by atoms with van der Waals surface area (Å²) in [6.45, 7) is 0.526. The molecule has 0 aliphatic carbocycles. The van der Waals surface area contributed by atoms with Crippen LogP contribution in [0.25, 0.3) is 0 Å². The van der Waals surface area contributed by atoms with Crippen LogP contribution in [0.15, 0.2) is 12.1 Å². The first-order valence-corrected chi connectivity index (χ1v) is 7.39. The Hall–Kier alpha value is -1.41. The number of anilines is 2. The van der Waals surface area contributed by atoms with Crippen molar-refractivity contribution in [2.75, 3.05) is 22.8 Å². The van der Waals surface area contributed by atoms with Crippen LogP contribution in [0.5, 0.6) is 0 Å². The van der Waals surface area contributed by atoms with Gasteiger partial charge in [-0.25, -0.2) is 17.2 Å². The maximum Gasteiger partial charge on any atom is 0.235 e. The van der Waals surface area contributed by atoms with Gasteiger partial charge in [0.15, 0.2) is 0 Å². The van der Waals surface area contributed by atoms with Gasteiger partial charge in [0, 0.05) is 12.7 Å². The number of benzene rings is 1. The largest absolute Gasteiger partial charge is 0.396 e. The molecule has 1 aromatic carbocycles. The van der Waals surface area contributed by atoms with Gasteiger partial charge in [0.25, 0.3) is 0 Å². The lowest BCUT2D eigenvalue weighted by atomic mass is 10.2. The predicted octanol–water partition coefficient (Wildman–Crippen LogP) is 1.47. The number of nitrogens with two attached hydrogens (primary N) is 1. The molecule has 1 unspecified atom stereocenters. The number of halogens is 2. The third-order valence-corrected chi connectivity index (χ3v) is 4.12. The molecule has 5 nitrogen and oxygen atoms in total. The van der Waals surface area contributed by atoms with Crippen molar-refractivity contribution in [3.63, 3.8) is 0 Å². The Labute approximate surface area is 109 Å². The molecular formula is C11H14F2N2O3S. The summed E-state index contributed by atoms with van der Waals surface area (Å²) in [5, 5.41) is 0. The van der Waals surface area contributed by atoms with Gasteiger partial charge in [-0.1, -0.05) is 0 Å². The van der Waals surface area contributed by atoms with E-state index in [4.69, 9.17) is 10.5 Å². The van der Waals surface area contributed by atoms with Gasteiger partial charge in [-0.3, -0.25) is 4.72 Å². The van der Waals surface area contributed by atoms with Crippen molar-refractivity contribution in [3.05, 3.63) is 23.8 Å². The number of sulfonamides is 1. The fraction of sp³-hybridized carbons (Fsp3) is 0.455. The minimum absolute atomic E-state index is 0.260. The van der Waals surface area contributed by atoms with Crippen molar-refractivity contribution < 1.29 is 21.9 Å². The molecule has 0 spiro atoms. The van der Waals surface area contributed by atoms with Gasteiger partial charge in [0.2, 0.25) is 10.0 Å². The fourth-order valence-electron chi connectivity index (χ4n) is 1.87. The topological polar surface area (TPSA) is 81.4 Å². The zero-order valence-corrected chi connectivity index (χ0v) is 10.8. The van der Waals surface area contributed by atoms with E-state index in [2.05, 4.69) is 4.72 Å². The highest BCUT2D eigenvalue weighted by Crippen LogP contribution is 2.23. The van der Waals surface area contributed by atoms with Gasteiger partial charge >= 0.3 is 0 Å². The summed E-state index contributed by atoms with van der Waals surface area (Å²) in [7, 11) is -3.76. The Morgan fingerprint density at radius 1 is 1.37 bits per heavy atom. The number of hydrogen-bond donors (Lipinski definition) is 2. The van der Waals surface area contributed by atoms with E-state index in [0.29, 0.717) is 19.1 Å². The zero-order valence-electron chi connectivity index (χ0n) is 10.0. The predicted molar refractivity (Wildman–Crippen MR) is 67.2 cm³/mol. The van der Waals surface area contributed by atoms with Crippen molar-refractivity contribution in [1.29, 1.82) is 0 Å². The van der Waals surface area contributed by atoms with Crippen LogP contribution in [0.1, 0.15) is 12.8 Å². The van der Waals surface area contributed by atoms with Crippen LogP contribution in [-0.2, 0) is 14.8 Å². The number of ether oxygens (including phenoxy) is 1. The lowest BCUT2D eigenvalue weighted by Gasteiger charge is -2.13. The smallest absolute Gasteiger partial charge is 0.235 e. The number of hydrogen-bond acceptors (Lipinski definition) is 4. The molecule has 2 rings (SSSR count). The van der Waals surface area contributed by atoms with Crippen LogP contribution in [0, 0.1) is 11.6 Å². The maximum absolute atomic E-state index is 13.4. The normalized spacial score (nSPS) is 19.6. The number of nitrogen functional groups attached to an aromatic ring is 1. The second kappa shape index (κ2) is 5.30. The third-order valence-electron chi connectivity index (χ3n) is 2.78. The molecule has 1 heterocycles. The zero-order chi connectivity index (χ0) is 14.0. The molecule has 1 fully saturated rings. The van der Waals surface area contributed by atoms with Crippen molar-refractivity contribution in [3.8, 4) is 0 Å². The number of nitrogens with one attached hydrogen (secondary N) is 1. The average molecular weight is 292 g/mol. The average Bonchev–Trinajstić information content (AvgIpc) is 2.77. The molecule has 0 amide bonds. The van der Waals surface area contributed by atoms with Crippen LogP contribution in [0.2, 0.25) is 0 Å². The molecule has 8 heteroatoms. The molecule has 1 aromatic rings. The fourth-order valence-corrected chi connectivity index (χ4v) is 3.20. The Morgan fingerprint density at radius 3 is 2.74 bits per heavy atom. The van der Waals surface area contributed by atoms with E-state index >= 15 is 0 Å². The van der Waals surface area contributed by atoms with Crippen molar-refractivity contribution in [1.82, 2.24) is 0 Å². The van der Waals surface area contributed by atoms with E-state index < -0.39 is 27.8 Å². The molecule has 0 saturated carbocycles. The molecule has 1 saturated heterocycles. The van der Waals surface area contributed by atoms with E-state index in [-0.39, 0.29) is 17.1 Å². The van der Waals surface area contributed by atoms with E-state index in [9.17, 15) is 17.2 Å². The minimum Gasteiger partial charge on any atom is -0.396 e. The highest BCUT2D eigenvalue weighted by molar-refractivity contribution is 7.92. The van der Waals surface area contributed by atoms with Gasteiger partial charge in [-0.2, -0.15) is 0 Å². The second-order valence-electron chi connectivity index (χ2n) is 4.37. The first kappa shape index (κ1) is 14.0. The van der Waals surface area contributed by atoms with E-state index in [1.807, 2.05) is 0 Å². The molecule has 0 bridgehead atoms. The van der Waals surface area contributed by atoms with Crippen LogP contribution in [-0.4, -0.2) is 26.9 Å². The van der Waals surface area contributed by atoms with E-state index in [1.165, 1.54) is 0 Å². The molecule has 0 radical (unpaired) electrons. The summed E-state index contributed by atoms with van der Waals surface area (Å²) in [6, 6.07) is 1.46. The van der Waals surface area contributed by atoms with E-state index in [0.717, 1.165) is 12.5 Å². The van der Waals surface area contributed by atoms with Crippen LogP contribution < -0.4 is 10.5 Å². The van der Waals surface area contributed by atoms with Gasteiger partial charge < -0.3 is 10.5 Å². The molecule has 106 valence electrons. The molecular weight excluding hydrogens is 278 g/mol. The summed E-state index contributed by atoms with van der Waals surface area (Å²) in [6.07, 6.45) is 1.06. The Kier molecular flexibility index (Phi) is 3.91. The van der Waals surface area contributed by atoms with Gasteiger partial charge in [-0.15, -0.1) is 0 Å². The minimum atomic E-state index is -3.76. The summed E-state index contributed by atoms with van der Waals surface area (Å²) in [4.78, 5) is 0. The van der Waals surface area contributed by atoms with Crippen LogP contribution >= 0.6 is 0 Å². The summed E-state index contributed by atoms with van der Waals surface area (Å²) < 4.78 is 57.3. The quantitative estimate of drug-likeness (QED) is 0.823. The highest BCUT2D eigenvalue weighted by atomic mass is 32.2. The third kappa shape index (κ3) is 3.54. The van der Waals surface area contributed by atoms with E-state index in [1.54, 1.807) is 0 Å². The Bertz CT molecular complexity index is 572. The SMILES string of the molecule is Nc1cc(NS(=O)(=O)CC2CCCO2)c(F)cc1F. The molecule has 3 N–H and O–H groups in total. The standard InChI is InChI=1S/C11H14F2N2O3S/c12-8-4-9(13)11(5-10(8)14)15-19(16,17)6-7-2-1-3-18-7/h4-5,7,15H,1-3,6,14H2. The molecule has 1 aliphatic rings. The first-order valence-electron chi connectivity index (χ1n) is 5.74. The van der Waals surface area contributed by atoms with Gasteiger partial charge in [0.05, 0.1) is 23.2 Å². The maximum atomic E-state index is 13.4. The molecule has 1 aliphatic heterocycles. The summed E-state index contributed by atoms with van der Waals surface area (Å²) in [5.74, 6) is -2.20. The molecule has 19 heavy (non-hydrogen) atoms.